The van der Waals surface area contributed by atoms with Gasteiger partial charge in [0.15, 0.2) is 16.8 Å². The molecule has 0 bridgehead atoms. The van der Waals surface area contributed by atoms with E-state index in [1.807, 2.05) is 0 Å². The van der Waals surface area contributed by atoms with Crippen molar-refractivity contribution in [1.29, 1.82) is 0 Å². The Labute approximate surface area is 128 Å². The van der Waals surface area contributed by atoms with Gasteiger partial charge in [-0.3, -0.25) is 9.59 Å². The molecule has 0 unspecified atom stereocenters. The first-order chi connectivity index (χ1) is 10.5. The lowest BCUT2D eigenvalue weighted by atomic mass is 10.3. The molecule has 1 aromatic heterocycles. The van der Waals surface area contributed by atoms with Gasteiger partial charge < -0.3 is 4.57 Å². The Hall–Kier alpha value is -2.22. The number of aromatic nitrogens is 2. The number of rotatable bonds is 3. The maximum Gasteiger partial charge on any atom is 0.247 e. The summed E-state index contributed by atoms with van der Waals surface area (Å²) in [4.78, 5) is 29.4. The second kappa shape index (κ2) is 5.53. The normalized spacial score (nSPS) is 18.3. The molecule has 114 valence electrons. The summed E-state index contributed by atoms with van der Waals surface area (Å²) in [5.74, 6) is -3.02. The van der Waals surface area contributed by atoms with Crippen LogP contribution in [0.3, 0.4) is 0 Å². The summed E-state index contributed by atoms with van der Waals surface area (Å²) in [6.45, 7) is 0. The SMILES string of the molecule is Cn1ccnc1S[C@@H]1CC(=O)N(c2ccc(F)c(F)c2)C1=O. The van der Waals surface area contributed by atoms with Gasteiger partial charge in [-0.05, 0) is 12.1 Å². The summed E-state index contributed by atoms with van der Waals surface area (Å²) in [5, 5.41) is -0.0139. The number of aryl methyl sites for hydroxylation is 1. The maximum absolute atomic E-state index is 13.3. The number of nitrogens with zero attached hydrogens (tertiary/aromatic N) is 3. The summed E-state index contributed by atoms with van der Waals surface area (Å²) in [5.41, 5.74) is 0.0387. The van der Waals surface area contributed by atoms with Crippen LogP contribution < -0.4 is 4.90 Å². The van der Waals surface area contributed by atoms with Crippen LogP contribution in [0.1, 0.15) is 6.42 Å². The number of hydrogen-bond acceptors (Lipinski definition) is 4. The van der Waals surface area contributed by atoms with E-state index in [0.717, 1.165) is 17.0 Å². The second-order valence-corrected chi connectivity index (χ2v) is 5.97. The second-order valence-electron chi connectivity index (χ2n) is 4.80. The largest absolute Gasteiger partial charge is 0.329 e. The lowest BCUT2D eigenvalue weighted by Gasteiger charge is -2.15. The molecule has 2 amide bonds. The highest BCUT2D eigenvalue weighted by Gasteiger charge is 2.41. The number of carbonyl (C=O) groups is 2. The highest BCUT2D eigenvalue weighted by atomic mass is 32.2. The number of carbonyl (C=O) groups excluding carboxylic acids is 2. The summed E-state index contributed by atoms with van der Waals surface area (Å²) in [7, 11) is 1.78. The van der Waals surface area contributed by atoms with E-state index in [2.05, 4.69) is 4.98 Å². The Morgan fingerprint density at radius 1 is 1.27 bits per heavy atom. The van der Waals surface area contributed by atoms with Gasteiger partial charge in [0.1, 0.15) is 5.25 Å². The number of hydrogen-bond donors (Lipinski definition) is 0. The number of halogens is 2. The average molecular weight is 323 g/mol. The van der Waals surface area contributed by atoms with Crippen LogP contribution in [-0.2, 0) is 16.6 Å². The van der Waals surface area contributed by atoms with Crippen molar-refractivity contribution < 1.29 is 18.4 Å². The van der Waals surface area contributed by atoms with Crippen molar-refractivity contribution in [1.82, 2.24) is 9.55 Å². The Morgan fingerprint density at radius 2 is 2.05 bits per heavy atom. The molecule has 0 spiro atoms. The van der Waals surface area contributed by atoms with Crippen molar-refractivity contribution in [3.05, 3.63) is 42.2 Å². The standard InChI is InChI=1S/C14H11F2N3O2S/c1-18-5-4-17-14(18)22-11-7-12(20)19(13(11)21)8-2-3-9(15)10(16)6-8/h2-6,11H,7H2,1H3/t11-/m1/s1. The van der Waals surface area contributed by atoms with Gasteiger partial charge in [-0.25, -0.2) is 18.7 Å². The van der Waals surface area contributed by atoms with E-state index in [9.17, 15) is 18.4 Å². The minimum absolute atomic E-state index is 0.00461. The zero-order valence-electron chi connectivity index (χ0n) is 11.5. The van der Waals surface area contributed by atoms with Crippen LogP contribution in [0.2, 0.25) is 0 Å². The van der Waals surface area contributed by atoms with Crippen molar-refractivity contribution in [2.75, 3.05) is 4.90 Å². The van der Waals surface area contributed by atoms with Crippen molar-refractivity contribution in [2.45, 2.75) is 16.8 Å². The van der Waals surface area contributed by atoms with Gasteiger partial charge in [-0.2, -0.15) is 0 Å². The van der Waals surface area contributed by atoms with Gasteiger partial charge in [-0.1, -0.05) is 11.8 Å². The monoisotopic (exact) mass is 323 g/mol. The van der Waals surface area contributed by atoms with E-state index in [1.54, 1.807) is 24.0 Å². The molecule has 1 fully saturated rings. The van der Waals surface area contributed by atoms with Crippen molar-refractivity contribution >= 4 is 29.3 Å². The molecule has 1 aliphatic rings. The van der Waals surface area contributed by atoms with E-state index >= 15 is 0 Å². The molecule has 1 atom stereocenters. The molecule has 0 aliphatic carbocycles. The third kappa shape index (κ3) is 2.50. The Bertz CT molecular complexity index is 762. The Morgan fingerprint density at radius 3 is 2.68 bits per heavy atom. The third-order valence-corrected chi connectivity index (χ3v) is 4.55. The van der Waals surface area contributed by atoms with Crippen LogP contribution in [0, 0.1) is 11.6 Å². The molecule has 0 radical (unpaired) electrons. The first-order valence-electron chi connectivity index (χ1n) is 6.43. The van der Waals surface area contributed by atoms with Crippen LogP contribution in [0.15, 0.2) is 35.7 Å². The number of imidazole rings is 1. The van der Waals surface area contributed by atoms with Gasteiger partial charge in [0, 0.05) is 31.9 Å². The predicted octanol–water partition coefficient (Wildman–Crippen LogP) is 2.12. The molecule has 8 heteroatoms. The molecule has 2 heterocycles. The van der Waals surface area contributed by atoms with E-state index in [0.29, 0.717) is 5.16 Å². The topological polar surface area (TPSA) is 55.2 Å². The van der Waals surface area contributed by atoms with Crippen LogP contribution >= 0.6 is 11.8 Å². The van der Waals surface area contributed by atoms with Gasteiger partial charge in [0.2, 0.25) is 11.8 Å². The smallest absolute Gasteiger partial charge is 0.247 e. The predicted molar refractivity (Wildman–Crippen MR) is 76.3 cm³/mol. The van der Waals surface area contributed by atoms with Crippen molar-refractivity contribution in [3.8, 4) is 0 Å². The molecule has 1 aliphatic heterocycles. The minimum Gasteiger partial charge on any atom is -0.329 e. The van der Waals surface area contributed by atoms with Crippen molar-refractivity contribution in [2.24, 2.45) is 7.05 Å². The Balaban J connectivity index is 1.85. The average Bonchev–Trinajstić information content (AvgIpc) is 2.99. The lowest BCUT2D eigenvalue weighted by molar-refractivity contribution is -0.121. The molecule has 2 aromatic rings. The maximum atomic E-state index is 13.3. The first kappa shape index (κ1) is 14.7. The summed E-state index contributed by atoms with van der Waals surface area (Å²) < 4.78 is 28.0. The fourth-order valence-electron chi connectivity index (χ4n) is 2.18. The van der Waals surface area contributed by atoms with Crippen LogP contribution in [0.4, 0.5) is 14.5 Å². The molecule has 5 nitrogen and oxygen atoms in total. The van der Waals surface area contributed by atoms with Gasteiger partial charge in [0.05, 0.1) is 5.69 Å². The fourth-order valence-corrected chi connectivity index (χ4v) is 3.22. The van der Waals surface area contributed by atoms with Gasteiger partial charge in [0.25, 0.3) is 0 Å². The Kier molecular flexibility index (Phi) is 3.69. The molecule has 0 N–H and O–H groups in total. The number of benzene rings is 1. The quantitative estimate of drug-likeness (QED) is 0.812. The number of imide groups is 1. The van der Waals surface area contributed by atoms with Gasteiger partial charge in [-0.15, -0.1) is 0 Å². The van der Waals surface area contributed by atoms with E-state index in [4.69, 9.17) is 0 Å². The molecule has 1 saturated heterocycles. The number of anilines is 1. The highest BCUT2D eigenvalue weighted by molar-refractivity contribution is 8.00. The van der Waals surface area contributed by atoms with E-state index in [-0.39, 0.29) is 12.1 Å². The fraction of sp³-hybridized carbons (Fsp3) is 0.214. The third-order valence-electron chi connectivity index (χ3n) is 3.29. The zero-order chi connectivity index (χ0) is 15.9. The van der Waals surface area contributed by atoms with Crippen LogP contribution in [-0.4, -0.2) is 26.6 Å². The summed E-state index contributed by atoms with van der Waals surface area (Å²) in [6.07, 6.45) is 3.32. The minimum atomic E-state index is -1.10. The molecule has 22 heavy (non-hydrogen) atoms. The number of amides is 2. The summed E-state index contributed by atoms with van der Waals surface area (Å²) >= 11 is 1.17. The molecule has 3 rings (SSSR count). The molecule has 1 aromatic carbocycles. The lowest BCUT2D eigenvalue weighted by Crippen LogP contribution is -2.31. The zero-order valence-corrected chi connectivity index (χ0v) is 12.3. The van der Waals surface area contributed by atoms with Crippen LogP contribution in [0.5, 0.6) is 0 Å². The molecule has 0 saturated carbocycles. The summed E-state index contributed by atoms with van der Waals surface area (Å²) in [6, 6.07) is 2.95. The first-order valence-corrected chi connectivity index (χ1v) is 7.31. The highest BCUT2D eigenvalue weighted by Crippen LogP contribution is 2.33. The van der Waals surface area contributed by atoms with Crippen molar-refractivity contribution in [3.63, 3.8) is 0 Å². The van der Waals surface area contributed by atoms with Gasteiger partial charge >= 0.3 is 0 Å². The van der Waals surface area contributed by atoms with E-state index < -0.39 is 28.7 Å². The molecular weight excluding hydrogens is 312 g/mol. The van der Waals surface area contributed by atoms with Crippen LogP contribution in [0.25, 0.3) is 0 Å². The van der Waals surface area contributed by atoms with E-state index in [1.165, 1.54) is 17.8 Å². The number of thioether (sulfide) groups is 1. The molecular formula is C14H11F2N3O2S.